The Bertz CT molecular complexity index is 346. The first-order valence-corrected chi connectivity index (χ1v) is 6.25. The van der Waals surface area contributed by atoms with Crippen LogP contribution in [0, 0.1) is 5.92 Å². The molecule has 2 atom stereocenters. The van der Waals surface area contributed by atoms with E-state index in [4.69, 9.17) is 0 Å². The van der Waals surface area contributed by atoms with E-state index in [0.29, 0.717) is 0 Å². The molecule has 1 aromatic rings. The fourth-order valence-corrected chi connectivity index (χ4v) is 3.01. The van der Waals surface area contributed by atoms with Crippen LogP contribution in [0.15, 0.2) is 12.4 Å². The molecule has 0 radical (unpaired) electrons. The lowest BCUT2D eigenvalue weighted by atomic mass is 9.94. The van der Waals surface area contributed by atoms with Gasteiger partial charge in [0, 0.05) is 38.6 Å². The number of fused-ring (bicyclic) bond motifs is 1. The van der Waals surface area contributed by atoms with Gasteiger partial charge in [-0.05, 0) is 25.3 Å². The van der Waals surface area contributed by atoms with Crippen molar-refractivity contribution in [3.63, 3.8) is 0 Å². The van der Waals surface area contributed by atoms with E-state index in [2.05, 4.69) is 26.8 Å². The number of likely N-dealkylation sites (tertiary alicyclic amines) is 1. The molecule has 4 heteroatoms. The molecule has 3 rings (SSSR count). The lowest BCUT2D eigenvalue weighted by molar-refractivity contribution is 0.302. The molecule has 0 spiro atoms. The molecule has 0 bridgehead atoms. The summed E-state index contributed by atoms with van der Waals surface area (Å²) >= 11 is 0. The third kappa shape index (κ3) is 1.87. The first-order valence-electron chi connectivity index (χ1n) is 6.25. The molecule has 1 aromatic heterocycles. The molecular formula is C12H20N4. The lowest BCUT2D eigenvalue weighted by Gasteiger charge is -2.24. The van der Waals surface area contributed by atoms with Crippen molar-refractivity contribution in [2.75, 3.05) is 19.6 Å². The highest BCUT2D eigenvalue weighted by Gasteiger charge is 2.34. The molecule has 0 aliphatic carbocycles. The van der Waals surface area contributed by atoms with E-state index in [9.17, 15) is 0 Å². The topological polar surface area (TPSA) is 33.1 Å². The van der Waals surface area contributed by atoms with Crippen LogP contribution in [0.25, 0.3) is 0 Å². The van der Waals surface area contributed by atoms with Gasteiger partial charge < -0.3 is 9.88 Å². The molecule has 0 saturated carbocycles. The van der Waals surface area contributed by atoms with E-state index in [-0.39, 0.29) is 0 Å². The molecule has 88 valence electrons. The third-order valence-electron chi connectivity index (χ3n) is 3.96. The molecule has 2 aliphatic heterocycles. The highest BCUT2D eigenvalue weighted by Crippen LogP contribution is 2.25. The number of aromatic nitrogens is 2. The maximum atomic E-state index is 4.40. The maximum Gasteiger partial charge on any atom is 0.122 e. The lowest BCUT2D eigenvalue weighted by Crippen LogP contribution is -2.40. The average molecular weight is 220 g/mol. The zero-order valence-electron chi connectivity index (χ0n) is 9.89. The molecule has 2 aliphatic rings. The monoisotopic (exact) mass is 220 g/mol. The fourth-order valence-electron chi connectivity index (χ4n) is 3.01. The first-order chi connectivity index (χ1) is 7.83. The van der Waals surface area contributed by atoms with Gasteiger partial charge in [0.2, 0.25) is 0 Å². The van der Waals surface area contributed by atoms with Crippen molar-refractivity contribution in [2.45, 2.75) is 25.4 Å². The van der Waals surface area contributed by atoms with Crippen LogP contribution >= 0.6 is 0 Å². The smallest absolute Gasteiger partial charge is 0.122 e. The second-order valence-corrected chi connectivity index (χ2v) is 5.11. The summed E-state index contributed by atoms with van der Waals surface area (Å²) in [6.07, 6.45) is 6.65. The molecule has 0 amide bonds. The van der Waals surface area contributed by atoms with Gasteiger partial charge in [0.05, 0.1) is 6.54 Å². The van der Waals surface area contributed by atoms with Gasteiger partial charge in [-0.25, -0.2) is 4.98 Å². The number of nitrogens with one attached hydrogen (secondary N) is 1. The van der Waals surface area contributed by atoms with Crippen molar-refractivity contribution >= 4 is 0 Å². The van der Waals surface area contributed by atoms with Crippen molar-refractivity contribution in [1.29, 1.82) is 0 Å². The van der Waals surface area contributed by atoms with E-state index in [1.807, 2.05) is 12.4 Å². The van der Waals surface area contributed by atoms with Crippen LogP contribution in [-0.2, 0) is 13.6 Å². The van der Waals surface area contributed by atoms with Gasteiger partial charge in [0.15, 0.2) is 0 Å². The summed E-state index contributed by atoms with van der Waals surface area (Å²) in [4.78, 5) is 6.94. The van der Waals surface area contributed by atoms with Crippen LogP contribution in [0.5, 0.6) is 0 Å². The number of imidazole rings is 1. The van der Waals surface area contributed by atoms with E-state index < -0.39 is 0 Å². The van der Waals surface area contributed by atoms with E-state index in [1.54, 1.807) is 0 Å². The summed E-state index contributed by atoms with van der Waals surface area (Å²) < 4.78 is 2.12. The van der Waals surface area contributed by atoms with Crippen molar-refractivity contribution in [2.24, 2.45) is 13.0 Å². The SMILES string of the molecule is Cn1ccnc1CN1C[C@@H]2CCCN[C@@H]2C1. The van der Waals surface area contributed by atoms with E-state index >= 15 is 0 Å². The van der Waals surface area contributed by atoms with Gasteiger partial charge >= 0.3 is 0 Å². The normalized spacial score (nSPS) is 30.6. The molecule has 3 heterocycles. The number of aryl methyl sites for hydroxylation is 1. The Morgan fingerprint density at radius 3 is 3.19 bits per heavy atom. The molecule has 1 N–H and O–H groups in total. The van der Waals surface area contributed by atoms with Gasteiger partial charge in [-0.3, -0.25) is 4.90 Å². The zero-order chi connectivity index (χ0) is 11.0. The number of nitrogens with zero attached hydrogens (tertiary/aromatic N) is 3. The molecule has 2 saturated heterocycles. The van der Waals surface area contributed by atoms with Crippen molar-refractivity contribution in [3.05, 3.63) is 18.2 Å². The largest absolute Gasteiger partial charge is 0.337 e. The minimum Gasteiger partial charge on any atom is -0.337 e. The molecule has 0 aromatic carbocycles. The summed E-state index contributed by atoms with van der Waals surface area (Å²) in [5.41, 5.74) is 0. The molecule has 16 heavy (non-hydrogen) atoms. The second kappa shape index (κ2) is 4.18. The van der Waals surface area contributed by atoms with Crippen molar-refractivity contribution in [1.82, 2.24) is 19.8 Å². The van der Waals surface area contributed by atoms with E-state index in [0.717, 1.165) is 18.5 Å². The summed E-state index contributed by atoms with van der Waals surface area (Å²) in [6, 6.07) is 0.731. The molecular weight excluding hydrogens is 200 g/mol. The predicted octanol–water partition coefficient (Wildman–Crippen LogP) is 0.604. The quantitative estimate of drug-likeness (QED) is 0.792. The number of hydrogen-bond donors (Lipinski definition) is 1. The van der Waals surface area contributed by atoms with Crippen LogP contribution in [0.4, 0.5) is 0 Å². The Labute approximate surface area is 96.7 Å². The standard InChI is InChI=1S/C12H20N4/c1-15-6-5-14-12(15)9-16-7-10-3-2-4-13-11(10)8-16/h5-6,10-11,13H,2-4,7-9H2,1H3/t10-,11+/m0/s1. The van der Waals surface area contributed by atoms with Crippen LogP contribution in [0.3, 0.4) is 0 Å². The van der Waals surface area contributed by atoms with Crippen molar-refractivity contribution in [3.8, 4) is 0 Å². The summed E-state index contributed by atoms with van der Waals surface area (Å²) in [6.45, 7) is 4.64. The van der Waals surface area contributed by atoms with Gasteiger partial charge in [-0.2, -0.15) is 0 Å². The average Bonchev–Trinajstić information content (AvgIpc) is 2.85. The minimum absolute atomic E-state index is 0.731. The second-order valence-electron chi connectivity index (χ2n) is 5.11. The van der Waals surface area contributed by atoms with Gasteiger partial charge in [0.25, 0.3) is 0 Å². The Morgan fingerprint density at radius 1 is 1.50 bits per heavy atom. The summed E-state index contributed by atoms with van der Waals surface area (Å²) in [7, 11) is 2.07. The Kier molecular flexibility index (Phi) is 2.69. The minimum atomic E-state index is 0.731. The Morgan fingerprint density at radius 2 is 2.44 bits per heavy atom. The van der Waals surface area contributed by atoms with Crippen LogP contribution in [-0.4, -0.2) is 40.1 Å². The van der Waals surface area contributed by atoms with Crippen LogP contribution < -0.4 is 5.32 Å². The van der Waals surface area contributed by atoms with Crippen LogP contribution in [0.1, 0.15) is 18.7 Å². The highest BCUT2D eigenvalue weighted by atomic mass is 15.2. The van der Waals surface area contributed by atoms with Crippen molar-refractivity contribution < 1.29 is 0 Å². The van der Waals surface area contributed by atoms with E-state index in [1.165, 1.54) is 38.3 Å². The van der Waals surface area contributed by atoms with Crippen LogP contribution in [0.2, 0.25) is 0 Å². The molecule has 2 fully saturated rings. The third-order valence-corrected chi connectivity index (χ3v) is 3.96. The number of hydrogen-bond acceptors (Lipinski definition) is 3. The molecule has 0 unspecified atom stereocenters. The number of rotatable bonds is 2. The fraction of sp³-hybridized carbons (Fsp3) is 0.750. The number of piperidine rings is 1. The predicted molar refractivity (Wildman–Crippen MR) is 63.0 cm³/mol. The Balaban J connectivity index is 1.63. The zero-order valence-corrected chi connectivity index (χ0v) is 9.89. The maximum absolute atomic E-state index is 4.40. The van der Waals surface area contributed by atoms with Gasteiger partial charge in [-0.1, -0.05) is 0 Å². The highest BCUT2D eigenvalue weighted by molar-refractivity contribution is 4.96. The summed E-state index contributed by atoms with van der Waals surface area (Å²) in [5, 5.41) is 3.64. The Hall–Kier alpha value is -0.870. The van der Waals surface area contributed by atoms with Gasteiger partial charge in [0.1, 0.15) is 5.82 Å². The summed E-state index contributed by atoms with van der Waals surface area (Å²) in [5.74, 6) is 2.05. The first kappa shape index (κ1) is 10.3. The molecule has 4 nitrogen and oxygen atoms in total. The van der Waals surface area contributed by atoms with Gasteiger partial charge in [-0.15, -0.1) is 0 Å².